The fourth-order valence-electron chi connectivity index (χ4n) is 3.90. The van der Waals surface area contributed by atoms with Crippen LogP contribution in [0, 0.1) is 16.6 Å². The molecular weight excluding hydrogens is 269 g/mol. The van der Waals surface area contributed by atoms with E-state index >= 15 is 0 Å². The predicted octanol–water partition coefficient (Wildman–Crippen LogP) is 3.87. The van der Waals surface area contributed by atoms with Crippen LogP contribution in [-0.4, -0.2) is 17.1 Å². The number of phenols is 1. The van der Waals surface area contributed by atoms with Crippen molar-refractivity contribution in [2.24, 2.45) is 10.8 Å². The Morgan fingerprint density at radius 1 is 1.24 bits per heavy atom. The van der Waals surface area contributed by atoms with Gasteiger partial charge in [-0.3, -0.25) is 4.79 Å². The number of halogens is 1. The van der Waals surface area contributed by atoms with E-state index in [1.54, 1.807) is 0 Å². The van der Waals surface area contributed by atoms with Gasteiger partial charge in [-0.1, -0.05) is 27.7 Å². The Bertz CT molecular complexity index is 536. The molecule has 0 radical (unpaired) electrons. The normalized spacial score (nSPS) is 21.0. The van der Waals surface area contributed by atoms with Gasteiger partial charge in [0.05, 0.1) is 5.56 Å². The molecule has 1 amide bonds. The third kappa shape index (κ3) is 3.96. The van der Waals surface area contributed by atoms with E-state index in [9.17, 15) is 14.3 Å². The van der Waals surface area contributed by atoms with Crippen LogP contribution < -0.4 is 5.32 Å². The number of rotatable bonds is 2. The number of aromatic hydroxyl groups is 1. The van der Waals surface area contributed by atoms with Gasteiger partial charge in [-0.05, 0) is 48.3 Å². The fourth-order valence-corrected chi connectivity index (χ4v) is 3.90. The molecule has 0 saturated heterocycles. The molecule has 21 heavy (non-hydrogen) atoms. The van der Waals surface area contributed by atoms with Crippen molar-refractivity contribution in [2.45, 2.75) is 53.0 Å². The quantitative estimate of drug-likeness (QED) is 0.869. The van der Waals surface area contributed by atoms with Crippen LogP contribution in [0.3, 0.4) is 0 Å². The first-order chi connectivity index (χ1) is 9.58. The number of nitrogens with one attached hydrogen (secondary N) is 1. The molecule has 116 valence electrons. The summed E-state index contributed by atoms with van der Waals surface area (Å²) in [5.74, 6) is -1.13. The van der Waals surface area contributed by atoms with Crippen LogP contribution >= 0.6 is 0 Å². The highest BCUT2D eigenvalue weighted by Crippen LogP contribution is 2.45. The molecular formula is C17H24FNO2. The maximum Gasteiger partial charge on any atom is 0.255 e. The molecule has 1 aliphatic rings. The topological polar surface area (TPSA) is 49.3 Å². The molecule has 0 spiro atoms. The fraction of sp³-hybridized carbons (Fsp3) is 0.588. The first kappa shape index (κ1) is 15.8. The first-order valence-electron chi connectivity index (χ1n) is 7.37. The largest absolute Gasteiger partial charge is 0.507 e. The Hall–Kier alpha value is -1.58. The van der Waals surface area contributed by atoms with Gasteiger partial charge in [-0.15, -0.1) is 0 Å². The monoisotopic (exact) mass is 293 g/mol. The zero-order valence-electron chi connectivity index (χ0n) is 13.2. The summed E-state index contributed by atoms with van der Waals surface area (Å²) in [6.07, 6.45) is 2.88. The highest BCUT2D eigenvalue weighted by atomic mass is 19.1. The van der Waals surface area contributed by atoms with Crippen molar-refractivity contribution in [1.29, 1.82) is 0 Å². The number of hydrogen-bond acceptors (Lipinski definition) is 2. The van der Waals surface area contributed by atoms with Crippen molar-refractivity contribution >= 4 is 5.91 Å². The highest BCUT2D eigenvalue weighted by Gasteiger charge is 2.39. The van der Waals surface area contributed by atoms with Crippen LogP contribution in [0.2, 0.25) is 0 Å². The van der Waals surface area contributed by atoms with Crippen molar-refractivity contribution in [2.75, 3.05) is 0 Å². The van der Waals surface area contributed by atoms with E-state index in [1.165, 1.54) is 6.07 Å². The van der Waals surface area contributed by atoms with Gasteiger partial charge < -0.3 is 10.4 Å². The van der Waals surface area contributed by atoms with Crippen LogP contribution in [0.15, 0.2) is 18.2 Å². The van der Waals surface area contributed by atoms with Gasteiger partial charge in [-0.2, -0.15) is 0 Å². The van der Waals surface area contributed by atoms with Crippen molar-refractivity contribution in [3.63, 3.8) is 0 Å². The Morgan fingerprint density at radius 2 is 1.81 bits per heavy atom. The first-order valence-corrected chi connectivity index (χ1v) is 7.37. The Kier molecular flexibility index (Phi) is 4.00. The molecule has 4 heteroatoms. The lowest BCUT2D eigenvalue weighted by molar-refractivity contribution is 0.0712. The van der Waals surface area contributed by atoms with Crippen molar-refractivity contribution in [3.05, 3.63) is 29.6 Å². The molecule has 3 nitrogen and oxygen atoms in total. The van der Waals surface area contributed by atoms with Crippen molar-refractivity contribution in [1.82, 2.24) is 5.32 Å². The van der Waals surface area contributed by atoms with E-state index in [-0.39, 0.29) is 28.2 Å². The lowest BCUT2D eigenvalue weighted by Gasteiger charge is -2.45. The zero-order chi connectivity index (χ0) is 15.8. The van der Waals surface area contributed by atoms with E-state index < -0.39 is 11.7 Å². The zero-order valence-corrected chi connectivity index (χ0v) is 13.2. The molecule has 0 aromatic heterocycles. The highest BCUT2D eigenvalue weighted by molar-refractivity contribution is 5.97. The number of benzene rings is 1. The summed E-state index contributed by atoms with van der Waals surface area (Å²) in [5.41, 5.74) is 0.309. The average Bonchev–Trinajstić information content (AvgIpc) is 2.27. The van der Waals surface area contributed by atoms with Gasteiger partial charge in [0.15, 0.2) is 0 Å². The van der Waals surface area contributed by atoms with Gasteiger partial charge in [0.2, 0.25) is 0 Å². The van der Waals surface area contributed by atoms with Gasteiger partial charge in [0.1, 0.15) is 11.6 Å². The van der Waals surface area contributed by atoms with E-state index in [0.717, 1.165) is 31.4 Å². The Morgan fingerprint density at radius 3 is 2.38 bits per heavy atom. The predicted molar refractivity (Wildman–Crippen MR) is 80.7 cm³/mol. The van der Waals surface area contributed by atoms with Gasteiger partial charge >= 0.3 is 0 Å². The third-order valence-electron chi connectivity index (χ3n) is 4.09. The average molecular weight is 293 g/mol. The van der Waals surface area contributed by atoms with Crippen LogP contribution in [0.1, 0.15) is 57.3 Å². The number of amides is 1. The standard InChI is InChI=1S/C17H24FNO2/c1-16(2)8-12(9-17(3,4)10-16)19-15(21)13-7-11(18)5-6-14(13)20/h5-7,12,20H,8-10H2,1-4H3,(H,19,21). The van der Waals surface area contributed by atoms with E-state index in [4.69, 9.17) is 0 Å². The Labute approximate surface area is 125 Å². The number of carbonyl (C=O) groups is 1. The van der Waals surface area contributed by atoms with Crippen LogP contribution in [0.5, 0.6) is 5.75 Å². The molecule has 2 rings (SSSR count). The summed E-state index contributed by atoms with van der Waals surface area (Å²) in [5, 5.41) is 12.7. The van der Waals surface area contributed by atoms with Crippen LogP contribution in [-0.2, 0) is 0 Å². The lowest BCUT2D eigenvalue weighted by atomic mass is 9.63. The van der Waals surface area contributed by atoms with Gasteiger partial charge in [0.25, 0.3) is 5.91 Å². The second-order valence-electron chi connectivity index (χ2n) is 7.75. The molecule has 1 fully saturated rings. The third-order valence-corrected chi connectivity index (χ3v) is 4.09. The second-order valence-corrected chi connectivity index (χ2v) is 7.75. The molecule has 2 N–H and O–H groups in total. The molecule has 1 aliphatic carbocycles. The van der Waals surface area contributed by atoms with Crippen molar-refractivity contribution < 1.29 is 14.3 Å². The molecule has 0 unspecified atom stereocenters. The number of phenolic OH excluding ortho intramolecular Hbond substituents is 1. The maximum absolute atomic E-state index is 13.2. The molecule has 1 aromatic carbocycles. The van der Waals surface area contributed by atoms with E-state index in [2.05, 4.69) is 33.0 Å². The summed E-state index contributed by atoms with van der Waals surface area (Å²) in [6, 6.07) is 3.46. The maximum atomic E-state index is 13.2. The van der Waals surface area contributed by atoms with Crippen LogP contribution in [0.4, 0.5) is 4.39 Å². The molecule has 1 saturated carbocycles. The minimum atomic E-state index is -0.526. The summed E-state index contributed by atoms with van der Waals surface area (Å²) in [7, 11) is 0. The minimum absolute atomic E-state index is 0.00353. The summed E-state index contributed by atoms with van der Waals surface area (Å²) in [4.78, 5) is 12.3. The van der Waals surface area contributed by atoms with Gasteiger partial charge in [0, 0.05) is 6.04 Å². The van der Waals surface area contributed by atoms with Crippen LogP contribution in [0.25, 0.3) is 0 Å². The molecule has 1 aromatic rings. The molecule has 0 atom stereocenters. The summed E-state index contributed by atoms with van der Waals surface area (Å²) >= 11 is 0. The van der Waals surface area contributed by atoms with E-state index in [0.29, 0.717) is 0 Å². The molecule has 0 bridgehead atoms. The smallest absolute Gasteiger partial charge is 0.255 e. The summed E-state index contributed by atoms with van der Waals surface area (Å²) < 4.78 is 13.2. The minimum Gasteiger partial charge on any atom is -0.507 e. The lowest BCUT2D eigenvalue weighted by Crippen LogP contribution is -2.46. The molecule has 0 heterocycles. The SMILES string of the molecule is CC1(C)CC(NC(=O)c2cc(F)ccc2O)CC(C)(C)C1. The van der Waals surface area contributed by atoms with Gasteiger partial charge in [-0.25, -0.2) is 4.39 Å². The summed E-state index contributed by atoms with van der Waals surface area (Å²) in [6.45, 7) is 8.80. The second kappa shape index (κ2) is 5.32. The number of hydrogen-bond donors (Lipinski definition) is 2. The van der Waals surface area contributed by atoms with Crippen molar-refractivity contribution in [3.8, 4) is 5.75 Å². The Balaban J connectivity index is 2.14. The van der Waals surface area contributed by atoms with E-state index in [1.807, 2.05) is 0 Å². The molecule has 0 aliphatic heterocycles. The number of carbonyl (C=O) groups excluding carboxylic acids is 1.